The van der Waals surface area contributed by atoms with E-state index in [1.165, 1.54) is 15.5 Å². The fraction of sp³-hybridized carbons (Fsp3) is 0.125. The Hall–Kier alpha value is -0.190. The summed E-state index contributed by atoms with van der Waals surface area (Å²) in [4.78, 5) is 5.57. The summed E-state index contributed by atoms with van der Waals surface area (Å²) in [6.07, 6.45) is 0. The molecule has 1 nitrogen and oxygen atoms in total. The number of aryl methyl sites for hydroxylation is 1. The molecule has 2 rings (SSSR count). The van der Waals surface area contributed by atoms with Gasteiger partial charge in [-0.05, 0) is 19.1 Å². The lowest BCUT2D eigenvalue weighted by atomic mass is 10.3. The van der Waals surface area contributed by atoms with Gasteiger partial charge in [-0.1, -0.05) is 16.9 Å². The third kappa shape index (κ3) is 1.34. The van der Waals surface area contributed by atoms with Crippen molar-refractivity contribution in [2.45, 2.75) is 11.8 Å². The summed E-state index contributed by atoms with van der Waals surface area (Å²) < 4.78 is 1.24. The van der Waals surface area contributed by atoms with Crippen LogP contribution in [0.15, 0.2) is 23.1 Å². The second-order valence-corrected chi connectivity index (χ2v) is 4.83. The largest absolute Gasteiger partial charge is 0.240 e. The molecule has 0 N–H and O–H groups in total. The zero-order valence-corrected chi connectivity index (χ0v) is 8.97. The SMILES string of the molecule is Cc1nc2c(SS)cccc2s1. The third-order valence-corrected chi connectivity index (χ3v) is 3.64. The number of thiazole rings is 1. The Labute approximate surface area is 84.0 Å². The zero-order valence-electron chi connectivity index (χ0n) is 6.44. The summed E-state index contributed by atoms with van der Waals surface area (Å²) in [5.74, 6) is 0. The fourth-order valence-electron chi connectivity index (χ4n) is 1.11. The molecule has 1 heterocycles. The van der Waals surface area contributed by atoms with E-state index >= 15 is 0 Å². The van der Waals surface area contributed by atoms with Crippen LogP contribution in [-0.4, -0.2) is 4.98 Å². The van der Waals surface area contributed by atoms with Gasteiger partial charge in [0, 0.05) is 4.90 Å². The van der Waals surface area contributed by atoms with Crippen molar-refractivity contribution in [1.29, 1.82) is 0 Å². The van der Waals surface area contributed by atoms with Crippen molar-refractivity contribution in [2.24, 2.45) is 0 Å². The van der Waals surface area contributed by atoms with E-state index in [1.54, 1.807) is 11.3 Å². The van der Waals surface area contributed by atoms with Gasteiger partial charge >= 0.3 is 0 Å². The summed E-state index contributed by atoms with van der Waals surface area (Å²) in [5.41, 5.74) is 1.08. The lowest BCUT2D eigenvalue weighted by Crippen LogP contribution is -1.72. The topological polar surface area (TPSA) is 12.9 Å². The van der Waals surface area contributed by atoms with Gasteiger partial charge < -0.3 is 0 Å². The molecule has 0 aliphatic rings. The van der Waals surface area contributed by atoms with Crippen molar-refractivity contribution in [2.75, 3.05) is 0 Å². The van der Waals surface area contributed by atoms with Gasteiger partial charge in [-0.2, -0.15) is 0 Å². The van der Waals surface area contributed by atoms with Crippen LogP contribution in [0, 0.1) is 6.92 Å². The molecular formula is C8H7NS3. The number of fused-ring (bicyclic) bond motifs is 1. The first kappa shape index (κ1) is 8.41. The van der Waals surface area contributed by atoms with Crippen LogP contribution in [0.1, 0.15) is 5.01 Å². The van der Waals surface area contributed by atoms with Crippen LogP contribution in [0.4, 0.5) is 0 Å². The van der Waals surface area contributed by atoms with E-state index in [-0.39, 0.29) is 0 Å². The number of rotatable bonds is 1. The minimum atomic E-state index is 1.08. The first-order chi connectivity index (χ1) is 5.81. The highest BCUT2D eigenvalue weighted by Gasteiger charge is 2.03. The molecule has 62 valence electrons. The van der Waals surface area contributed by atoms with Gasteiger partial charge in [-0.25, -0.2) is 4.98 Å². The van der Waals surface area contributed by atoms with Crippen molar-refractivity contribution in [3.05, 3.63) is 23.2 Å². The Balaban J connectivity index is 2.78. The molecule has 0 aliphatic carbocycles. The van der Waals surface area contributed by atoms with Crippen LogP contribution >= 0.6 is 33.8 Å². The maximum Gasteiger partial charge on any atom is 0.0959 e. The molecule has 0 aliphatic heterocycles. The van der Waals surface area contributed by atoms with E-state index in [0.717, 1.165) is 15.4 Å². The molecule has 0 saturated heterocycles. The van der Waals surface area contributed by atoms with E-state index < -0.39 is 0 Å². The number of hydrogen-bond donors (Lipinski definition) is 1. The Morgan fingerprint density at radius 3 is 3.08 bits per heavy atom. The molecule has 0 saturated carbocycles. The van der Waals surface area contributed by atoms with E-state index in [9.17, 15) is 0 Å². The molecule has 0 atom stereocenters. The van der Waals surface area contributed by atoms with Gasteiger partial charge in [0.15, 0.2) is 0 Å². The van der Waals surface area contributed by atoms with Gasteiger partial charge in [-0.3, -0.25) is 0 Å². The van der Waals surface area contributed by atoms with Crippen molar-refractivity contribution < 1.29 is 0 Å². The van der Waals surface area contributed by atoms with Gasteiger partial charge in [0.05, 0.1) is 15.2 Å². The summed E-state index contributed by atoms with van der Waals surface area (Å²) >= 11 is 5.90. The third-order valence-electron chi connectivity index (χ3n) is 1.59. The number of aromatic nitrogens is 1. The second-order valence-electron chi connectivity index (χ2n) is 2.43. The van der Waals surface area contributed by atoms with Gasteiger partial charge in [-0.15, -0.1) is 23.0 Å². The molecule has 0 unspecified atom stereocenters. The van der Waals surface area contributed by atoms with Gasteiger partial charge in [0.25, 0.3) is 0 Å². The van der Waals surface area contributed by atoms with Crippen molar-refractivity contribution in [3.63, 3.8) is 0 Å². The van der Waals surface area contributed by atoms with Crippen LogP contribution in [-0.2, 0) is 0 Å². The Kier molecular flexibility index (Phi) is 2.30. The summed E-state index contributed by atoms with van der Waals surface area (Å²) in [5, 5.41) is 1.11. The smallest absolute Gasteiger partial charge is 0.0959 e. The molecular weight excluding hydrogens is 206 g/mol. The predicted octanol–water partition coefficient (Wildman–Crippen LogP) is 3.54. The van der Waals surface area contributed by atoms with Crippen molar-refractivity contribution in [1.82, 2.24) is 4.98 Å². The monoisotopic (exact) mass is 213 g/mol. The molecule has 0 bridgehead atoms. The average Bonchev–Trinajstić information content (AvgIpc) is 2.44. The molecule has 0 radical (unpaired) electrons. The first-order valence-corrected chi connectivity index (χ1v) is 6.17. The number of benzene rings is 1. The summed E-state index contributed by atoms with van der Waals surface area (Å²) in [6, 6.07) is 6.17. The van der Waals surface area contributed by atoms with Crippen LogP contribution < -0.4 is 0 Å². The van der Waals surface area contributed by atoms with E-state index in [1.807, 2.05) is 19.1 Å². The minimum absolute atomic E-state index is 1.08. The first-order valence-electron chi connectivity index (χ1n) is 3.49. The number of thiol groups is 1. The van der Waals surface area contributed by atoms with Gasteiger partial charge in [0.1, 0.15) is 0 Å². The number of para-hydroxylation sites is 1. The highest BCUT2D eigenvalue weighted by molar-refractivity contribution is 8.68. The lowest BCUT2D eigenvalue weighted by Gasteiger charge is -1.93. The molecule has 12 heavy (non-hydrogen) atoms. The Morgan fingerprint density at radius 1 is 1.50 bits per heavy atom. The molecule has 4 heteroatoms. The predicted molar refractivity (Wildman–Crippen MR) is 59.2 cm³/mol. The zero-order chi connectivity index (χ0) is 8.55. The molecule has 0 spiro atoms. The number of nitrogens with zero attached hydrogens (tertiary/aromatic N) is 1. The number of hydrogen-bond acceptors (Lipinski definition) is 4. The van der Waals surface area contributed by atoms with E-state index in [2.05, 4.69) is 22.7 Å². The fourth-order valence-corrected chi connectivity index (χ4v) is 2.85. The van der Waals surface area contributed by atoms with E-state index in [4.69, 9.17) is 0 Å². The van der Waals surface area contributed by atoms with E-state index in [0.29, 0.717) is 0 Å². The summed E-state index contributed by atoms with van der Waals surface area (Å²) in [6.45, 7) is 2.03. The highest BCUT2D eigenvalue weighted by Crippen LogP contribution is 2.32. The summed E-state index contributed by atoms with van der Waals surface area (Å²) in [7, 11) is 1.45. The molecule has 1 aromatic heterocycles. The lowest BCUT2D eigenvalue weighted by molar-refractivity contribution is 1.31. The molecule has 0 fully saturated rings. The van der Waals surface area contributed by atoms with Crippen molar-refractivity contribution in [3.8, 4) is 0 Å². The Bertz CT molecular complexity index is 408. The maximum absolute atomic E-state index is 4.43. The normalized spacial score (nSPS) is 10.8. The standard InChI is InChI=1S/C8H7NS3/c1-5-9-8-6(11-5)3-2-4-7(8)12-10/h2-4,10H,1H3. The van der Waals surface area contributed by atoms with Crippen LogP contribution in [0.2, 0.25) is 0 Å². The van der Waals surface area contributed by atoms with Crippen molar-refractivity contribution >= 4 is 44.0 Å². The van der Waals surface area contributed by atoms with Crippen LogP contribution in [0.5, 0.6) is 0 Å². The van der Waals surface area contributed by atoms with Crippen LogP contribution in [0.3, 0.4) is 0 Å². The maximum atomic E-state index is 4.43. The average molecular weight is 213 g/mol. The van der Waals surface area contributed by atoms with Crippen LogP contribution in [0.25, 0.3) is 10.2 Å². The molecule has 2 aromatic rings. The quantitative estimate of drug-likeness (QED) is 0.575. The minimum Gasteiger partial charge on any atom is -0.240 e. The molecule has 0 amide bonds. The molecule has 1 aromatic carbocycles. The second kappa shape index (κ2) is 3.28. The highest BCUT2D eigenvalue weighted by atomic mass is 33.1. The van der Waals surface area contributed by atoms with Gasteiger partial charge in [0.2, 0.25) is 0 Å². The Morgan fingerprint density at radius 2 is 2.33 bits per heavy atom.